The van der Waals surface area contributed by atoms with Crippen LogP contribution in [0.15, 0.2) is 12.2 Å². The molecule has 2 heteroatoms. The minimum absolute atomic E-state index is 0.123. The van der Waals surface area contributed by atoms with Crippen LogP contribution in [0.3, 0.4) is 0 Å². The van der Waals surface area contributed by atoms with Crippen LogP contribution < -0.4 is 0 Å². The summed E-state index contributed by atoms with van der Waals surface area (Å²) in [5.41, 5.74) is -0.641. The van der Waals surface area contributed by atoms with Crippen LogP contribution in [0.5, 0.6) is 0 Å². The molecule has 3 rings (SSSR count). The number of rotatable bonds is 1. The average Bonchev–Trinajstić information content (AvgIpc) is 1.88. The fourth-order valence-corrected chi connectivity index (χ4v) is 2.15. The fourth-order valence-electron chi connectivity index (χ4n) is 2.15. The maximum absolute atomic E-state index is 9.65. The van der Waals surface area contributed by atoms with Gasteiger partial charge in [0, 0.05) is 12.5 Å². The molecule has 0 aromatic heterocycles. The van der Waals surface area contributed by atoms with Crippen molar-refractivity contribution in [3.63, 3.8) is 0 Å². The number of hydrogen-bond acceptors (Lipinski definition) is 2. The van der Waals surface area contributed by atoms with E-state index in [2.05, 4.69) is 0 Å². The van der Waals surface area contributed by atoms with E-state index in [4.69, 9.17) is 5.11 Å². The normalized spacial score (nSPS) is 50.6. The SMILES string of the molecule is OC[C@H]1[C@H]2CC=C[C@]1(O)C2. The van der Waals surface area contributed by atoms with E-state index in [9.17, 15) is 5.11 Å². The van der Waals surface area contributed by atoms with E-state index in [0.717, 1.165) is 12.8 Å². The Morgan fingerprint density at radius 2 is 2.40 bits per heavy atom. The van der Waals surface area contributed by atoms with E-state index in [1.54, 1.807) is 0 Å². The first-order valence-corrected chi connectivity index (χ1v) is 3.77. The highest BCUT2D eigenvalue weighted by Gasteiger charge is 2.51. The molecule has 3 atom stereocenters. The van der Waals surface area contributed by atoms with Gasteiger partial charge in [-0.25, -0.2) is 0 Å². The van der Waals surface area contributed by atoms with Crippen molar-refractivity contribution in [1.29, 1.82) is 0 Å². The van der Waals surface area contributed by atoms with E-state index < -0.39 is 5.60 Å². The lowest BCUT2D eigenvalue weighted by atomic mass is 9.57. The third-order valence-corrected chi connectivity index (χ3v) is 2.84. The van der Waals surface area contributed by atoms with E-state index in [1.165, 1.54) is 0 Å². The summed E-state index contributed by atoms with van der Waals surface area (Å²) < 4.78 is 0. The summed E-state index contributed by atoms with van der Waals surface area (Å²) in [6.45, 7) is 0.130. The van der Waals surface area contributed by atoms with Crippen molar-refractivity contribution in [2.45, 2.75) is 18.4 Å². The molecule has 2 N–H and O–H groups in total. The lowest BCUT2D eigenvalue weighted by Crippen LogP contribution is -2.56. The summed E-state index contributed by atoms with van der Waals surface area (Å²) in [5.74, 6) is 0.664. The van der Waals surface area contributed by atoms with Crippen LogP contribution in [0.4, 0.5) is 0 Å². The molecule has 0 aliphatic heterocycles. The Bertz CT molecular complexity index is 176. The number of aliphatic hydroxyl groups excluding tert-OH is 1. The zero-order valence-electron chi connectivity index (χ0n) is 5.83. The van der Waals surface area contributed by atoms with E-state index in [-0.39, 0.29) is 12.5 Å². The van der Waals surface area contributed by atoms with Gasteiger partial charge in [0.05, 0.1) is 5.60 Å². The Hall–Kier alpha value is -0.340. The predicted octanol–water partition coefficient (Wildman–Crippen LogP) is 0.306. The highest BCUT2D eigenvalue weighted by Crippen LogP contribution is 2.49. The van der Waals surface area contributed by atoms with Crippen LogP contribution in [0.1, 0.15) is 12.8 Å². The Labute approximate surface area is 60.2 Å². The van der Waals surface area contributed by atoms with Gasteiger partial charge >= 0.3 is 0 Å². The Morgan fingerprint density at radius 3 is 2.80 bits per heavy atom. The van der Waals surface area contributed by atoms with Crippen LogP contribution in [0, 0.1) is 11.8 Å². The molecule has 2 nitrogen and oxygen atoms in total. The van der Waals surface area contributed by atoms with Gasteiger partial charge in [0.25, 0.3) is 0 Å². The van der Waals surface area contributed by atoms with Crippen molar-refractivity contribution < 1.29 is 10.2 Å². The largest absolute Gasteiger partial charge is 0.396 e. The second-order valence-electron chi connectivity index (χ2n) is 3.38. The minimum atomic E-state index is -0.641. The van der Waals surface area contributed by atoms with Crippen molar-refractivity contribution in [3.8, 4) is 0 Å². The van der Waals surface area contributed by atoms with Gasteiger partial charge in [0.2, 0.25) is 0 Å². The van der Waals surface area contributed by atoms with Crippen molar-refractivity contribution >= 4 is 0 Å². The smallest absolute Gasteiger partial charge is 0.0883 e. The van der Waals surface area contributed by atoms with Gasteiger partial charge in [-0.15, -0.1) is 0 Å². The van der Waals surface area contributed by atoms with Crippen LogP contribution in [-0.2, 0) is 0 Å². The quantitative estimate of drug-likeness (QED) is 0.514. The van der Waals surface area contributed by atoms with Crippen LogP contribution in [-0.4, -0.2) is 22.4 Å². The summed E-state index contributed by atoms with van der Waals surface area (Å²) in [6, 6.07) is 0. The first-order chi connectivity index (χ1) is 4.76. The molecule has 0 heterocycles. The number of fused-ring (bicyclic) bond motifs is 1. The summed E-state index contributed by atoms with van der Waals surface area (Å²) in [6.07, 6.45) is 5.75. The van der Waals surface area contributed by atoms with Gasteiger partial charge in [-0.1, -0.05) is 12.2 Å². The standard InChI is InChI=1S/C8H12O2/c9-5-7-6-2-1-3-8(7,10)4-6/h1,3,6-7,9-10H,2,4-5H2/t6-,7-,8-/m0/s1. The van der Waals surface area contributed by atoms with E-state index >= 15 is 0 Å². The summed E-state index contributed by atoms with van der Waals surface area (Å²) >= 11 is 0. The number of allylic oxidation sites excluding steroid dienone is 1. The molecular weight excluding hydrogens is 128 g/mol. The second-order valence-corrected chi connectivity index (χ2v) is 3.38. The molecule has 2 bridgehead atoms. The highest BCUT2D eigenvalue weighted by molar-refractivity contribution is 5.19. The monoisotopic (exact) mass is 140 g/mol. The van der Waals surface area contributed by atoms with Crippen molar-refractivity contribution in [3.05, 3.63) is 12.2 Å². The Balaban J connectivity index is 2.20. The third kappa shape index (κ3) is 0.607. The van der Waals surface area contributed by atoms with Gasteiger partial charge in [0.15, 0.2) is 0 Å². The lowest BCUT2D eigenvalue weighted by Gasteiger charge is -2.52. The molecular formula is C8H12O2. The maximum Gasteiger partial charge on any atom is 0.0883 e. The number of aliphatic hydroxyl groups is 2. The van der Waals surface area contributed by atoms with Gasteiger partial charge in [-0.3, -0.25) is 0 Å². The lowest BCUT2D eigenvalue weighted by molar-refractivity contribution is -0.126. The molecule has 0 saturated heterocycles. The molecule has 3 aliphatic rings. The molecule has 0 aromatic carbocycles. The van der Waals surface area contributed by atoms with Crippen molar-refractivity contribution in [1.82, 2.24) is 0 Å². The first-order valence-electron chi connectivity index (χ1n) is 3.77. The topological polar surface area (TPSA) is 40.5 Å². The Morgan fingerprint density at radius 1 is 1.60 bits per heavy atom. The Kier molecular flexibility index (Phi) is 1.17. The second kappa shape index (κ2) is 1.83. The minimum Gasteiger partial charge on any atom is -0.396 e. The van der Waals surface area contributed by atoms with Crippen LogP contribution >= 0.6 is 0 Å². The van der Waals surface area contributed by atoms with Gasteiger partial charge in [-0.2, -0.15) is 0 Å². The highest BCUT2D eigenvalue weighted by atomic mass is 16.3. The van der Waals surface area contributed by atoms with Crippen molar-refractivity contribution in [2.75, 3.05) is 6.61 Å². The summed E-state index contributed by atoms with van der Waals surface area (Å²) in [4.78, 5) is 0. The van der Waals surface area contributed by atoms with E-state index in [1.807, 2.05) is 12.2 Å². The molecule has 56 valence electrons. The molecule has 0 spiro atoms. The summed E-state index contributed by atoms with van der Waals surface area (Å²) in [7, 11) is 0. The van der Waals surface area contributed by atoms with Gasteiger partial charge < -0.3 is 10.2 Å². The third-order valence-electron chi connectivity index (χ3n) is 2.84. The van der Waals surface area contributed by atoms with Gasteiger partial charge in [0.1, 0.15) is 0 Å². The predicted molar refractivity (Wildman–Crippen MR) is 37.4 cm³/mol. The maximum atomic E-state index is 9.65. The molecule has 3 aliphatic carbocycles. The molecule has 1 fully saturated rings. The molecule has 0 radical (unpaired) electrons. The average molecular weight is 140 g/mol. The zero-order chi connectivity index (χ0) is 7.19. The fraction of sp³-hybridized carbons (Fsp3) is 0.750. The molecule has 0 amide bonds. The zero-order valence-corrected chi connectivity index (χ0v) is 5.83. The first kappa shape index (κ1) is 6.38. The van der Waals surface area contributed by atoms with Crippen molar-refractivity contribution in [2.24, 2.45) is 11.8 Å². The van der Waals surface area contributed by atoms with Crippen LogP contribution in [0.25, 0.3) is 0 Å². The van der Waals surface area contributed by atoms with Crippen LogP contribution in [0.2, 0.25) is 0 Å². The summed E-state index contributed by atoms with van der Waals surface area (Å²) in [5, 5.41) is 18.5. The molecule has 1 saturated carbocycles. The molecule has 0 unspecified atom stereocenters. The number of hydrogen-bond donors (Lipinski definition) is 2. The van der Waals surface area contributed by atoms with Gasteiger partial charge in [-0.05, 0) is 18.8 Å². The molecule has 10 heavy (non-hydrogen) atoms. The van der Waals surface area contributed by atoms with E-state index in [0.29, 0.717) is 5.92 Å². The molecule has 0 aromatic rings.